The van der Waals surface area contributed by atoms with Gasteiger partial charge in [-0.1, -0.05) is 13.8 Å². The first-order valence-corrected chi connectivity index (χ1v) is 5.83. The third-order valence-corrected chi connectivity index (χ3v) is 3.83. The Morgan fingerprint density at radius 2 is 1.80 bits per heavy atom. The van der Waals surface area contributed by atoms with E-state index >= 15 is 0 Å². The standard InChI is InChI=1S/C12H19NO2/c1-12(2)6-3-9(4-7-12)13-8-5-10(14)11(13)15/h9H,3-8H2,1-2H3. The van der Waals surface area contributed by atoms with Crippen molar-refractivity contribution < 1.29 is 9.59 Å². The molecule has 0 aromatic rings. The molecule has 0 atom stereocenters. The molecule has 0 N–H and O–H groups in total. The summed E-state index contributed by atoms with van der Waals surface area (Å²) in [6, 6.07) is 0.331. The normalized spacial score (nSPS) is 27.5. The van der Waals surface area contributed by atoms with E-state index < -0.39 is 0 Å². The van der Waals surface area contributed by atoms with Crippen LogP contribution in [0.15, 0.2) is 0 Å². The summed E-state index contributed by atoms with van der Waals surface area (Å²) < 4.78 is 0. The summed E-state index contributed by atoms with van der Waals surface area (Å²) in [7, 11) is 0. The van der Waals surface area contributed by atoms with Crippen LogP contribution in [0, 0.1) is 5.41 Å². The van der Waals surface area contributed by atoms with Crippen LogP contribution in [0.4, 0.5) is 0 Å². The van der Waals surface area contributed by atoms with Gasteiger partial charge in [0.15, 0.2) is 0 Å². The summed E-state index contributed by atoms with van der Waals surface area (Å²) >= 11 is 0. The molecule has 1 heterocycles. The maximum Gasteiger partial charge on any atom is 0.290 e. The van der Waals surface area contributed by atoms with Gasteiger partial charge in [-0.2, -0.15) is 0 Å². The maximum absolute atomic E-state index is 11.5. The molecule has 1 saturated heterocycles. The largest absolute Gasteiger partial charge is 0.333 e. The highest BCUT2D eigenvalue weighted by Crippen LogP contribution is 2.37. The third-order valence-electron chi connectivity index (χ3n) is 3.83. The lowest BCUT2D eigenvalue weighted by Crippen LogP contribution is -2.41. The predicted molar refractivity (Wildman–Crippen MR) is 57.4 cm³/mol. The number of ketones is 1. The minimum atomic E-state index is -0.236. The molecule has 0 unspecified atom stereocenters. The smallest absolute Gasteiger partial charge is 0.290 e. The van der Waals surface area contributed by atoms with Gasteiger partial charge in [0.05, 0.1) is 0 Å². The minimum absolute atomic E-state index is 0.195. The second-order valence-corrected chi connectivity index (χ2v) is 5.57. The summed E-state index contributed by atoms with van der Waals surface area (Å²) in [5, 5.41) is 0. The second kappa shape index (κ2) is 3.62. The lowest BCUT2D eigenvalue weighted by atomic mass is 9.75. The van der Waals surface area contributed by atoms with E-state index in [4.69, 9.17) is 0 Å². The number of hydrogen-bond acceptors (Lipinski definition) is 2. The molecule has 2 rings (SSSR count). The van der Waals surface area contributed by atoms with Gasteiger partial charge in [-0.25, -0.2) is 0 Å². The molecular weight excluding hydrogens is 190 g/mol. The topological polar surface area (TPSA) is 37.4 Å². The summed E-state index contributed by atoms with van der Waals surface area (Å²) in [5.74, 6) is -0.431. The maximum atomic E-state index is 11.5. The van der Waals surface area contributed by atoms with Crippen molar-refractivity contribution in [3.05, 3.63) is 0 Å². The Balaban J connectivity index is 1.97. The number of nitrogens with zero attached hydrogens (tertiary/aromatic N) is 1. The molecule has 2 fully saturated rings. The van der Waals surface area contributed by atoms with Crippen LogP contribution in [0.25, 0.3) is 0 Å². The average Bonchev–Trinajstić information content (AvgIpc) is 2.49. The molecule has 2 aliphatic rings. The molecule has 1 saturated carbocycles. The van der Waals surface area contributed by atoms with Gasteiger partial charge in [0.25, 0.3) is 5.91 Å². The Hall–Kier alpha value is -0.860. The molecular formula is C12H19NO2. The molecule has 1 amide bonds. The van der Waals surface area contributed by atoms with Crippen molar-refractivity contribution in [2.24, 2.45) is 5.41 Å². The molecule has 0 bridgehead atoms. The summed E-state index contributed by atoms with van der Waals surface area (Å²) in [5.41, 5.74) is 0.420. The van der Waals surface area contributed by atoms with E-state index in [9.17, 15) is 9.59 Å². The zero-order chi connectivity index (χ0) is 11.1. The molecule has 0 aromatic carbocycles. The number of amides is 1. The summed E-state index contributed by atoms with van der Waals surface area (Å²) in [6.07, 6.45) is 4.88. The highest BCUT2D eigenvalue weighted by molar-refractivity contribution is 6.37. The number of carbonyl (C=O) groups is 2. The Labute approximate surface area is 90.8 Å². The van der Waals surface area contributed by atoms with E-state index in [-0.39, 0.29) is 11.7 Å². The van der Waals surface area contributed by atoms with Crippen molar-refractivity contribution in [2.75, 3.05) is 6.54 Å². The Morgan fingerprint density at radius 1 is 1.20 bits per heavy atom. The summed E-state index contributed by atoms with van der Waals surface area (Å²) in [4.78, 5) is 24.5. The van der Waals surface area contributed by atoms with Crippen LogP contribution < -0.4 is 0 Å². The Kier molecular flexibility index (Phi) is 2.57. The summed E-state index contributed by atoms with van der Waals surface area (Å²) in [6.45, 7) is 5.21. The van der Waals surface area contributed by atoms with Crippen molar-refractivity contribution >= 4 is 11.7 Å². The first-order chi connectivity index (χ1) is 6.99. The molecule has 0 spiro atoms. The first kappa shape index (κ1) is 10.7. The zero-order valence-electron chi connectivity index (χ0n) is 9.58. The van der Waals surface area contributed by atoms with E-state index in [1.807, 2.05) is 0 Å². The van der Waals surface area contributed by atoms with Crippen LogP contribution in [0.1, 0.15) is 46.0 Å². The molecule has 3 nitrogen and oxygen atoms in total. The zero-order valence-corrected chi connectivity index (χ0v) is 9.58. The highest BCUT2D eigenvalue weighted by Gasteiger charge is 2.37. The number of carbonyl (C=O) groups excluding carboxylic acids is 2. The van der Waals surface area contributed by atoms with Crippen LogP contribution >= 0.6 is 0 Å². The molecule has 1 aliphatic carbocycles. The Morgan fingerprint density at radius 3 is 2.27 bits per heavy atom. The van der Waals surface area contributed by atoms with Crippen molar-refractivity contribution in [3.8, 4) is 0 Å². The van der Waals surface area contributed by atoms with E-state index in [1.54, 1.807) is 4.90 Å². The van der Waals surface area contributed by atoms with Gasteiger partial charge >= 0.3 is 0 Å². The fourth-order valence-electron chi connectivity index (χ4n) is 2.63. The van der Waals surface area contributed by atoms with E-state index in [0.717, 1.165) is 25.7 Å². The minimum Gasteiger partial charge on any atom is -0.333 e. The van der Waals surface area contributed by atoms with Crippen LogP contribution in [0.3, 0.4) is 0 Å². The number of hydrogen-bond donors (Lipinski definition) is 0. The second-order valence-electron chi connectivity index (χ2n) is 5.57. The van der Waals surface area contributed by atoms with Crippen molar-refractivity contribution in [1.29, 1.82) is 0 Å². The monoisotopic (exact) mass is 209 g/mol. The van der Waals surface area contributed by atoms with Crippen LogP contribution in [0.5, 0.6) is 0 Å². The molecule has 0 aromatic heterocycles. The van der Waals surface area contributed by atoms with Gasteiger partial charge < -0.3 is 4.90 Å². The fourth-order valence-corrected chi connectivity index (χ4v) is 2.63. The van der Waals surface area contributed by atoms with Crippen molar-refractivity contribution in [2.45, 2.75) is 52.0 Å². The van der Waals surface area contributed by atoms with Crippen LogP contribution in [-0.4, -0.2) is 29.2 Å². The van der Waals surface area contributed by atoms with Crippen LogP contribution in [0.2, 0.25) is 0 Å². The fraction of sp³-hybridized carbons (Fsp3) is 0.833. The van der Waals surface area contributed by atoms with E-state index in [1.165, 1.54) is 0 Å². The van der Waals surface area contributed by atoms with Gasteiger partial charge in [0.2, 0.25) is 5.78 Å². The molecule has 84 valence electrons. The molecule has 15 heavy (non-hydrogen) atoms. The van der Waals surface area contributed by atoms with E-state index in [2.05, 4.69) is 13.8 Å². The van der Waals surface area contributed by atoms with Gasteiger partial charge in [0.1, 0.15) is 0 Å². The van der Waals surface area contributed by atoms with E-state index in [0.29, 0.717) is 24.4 Å². The Bertz CT molecular complexity index is 286. The quantitative estimate of drug-likeness (QED) is 0.617. The molecule has 3 heteroatoms. The third kappa shape index (κ3) is 2.06. The average molecular weight is 209 g/mol. The van der Waals surface area contributed by atoms with Gasteiger partial charge in [-0.15, -0.1) is 0 Å². The highest BCUT2D eigenvalue weighted by atomic mass is 16.2. The molecule has 0 radical (unpaired) electrons. The number of Topliss-reactive ketones (excluding diaryl/α,β-unsaturated/α-hetero) is 1. The lowest BCUT2D eigenvalue weighted by molar-refractivity contribution is -0.141. The van der Waals surface area contributed by atoms with Gasteiger partial charge in [-0.3, -0.25) is 9.59 Å². The lowest BCUT2D eigenvalue weighted by Gasteiger charge is -2.38. The van der Waals surface area contributed by atoms with Crippen molar-refractivity contribution in [1.82, 2.24) is 4.90 Å². The van der Waals surface area contributed by atoms with Crippen LogP contribution in [-0.2, 0) is 9.59 Å². The number of likely N-dealkylation sites (tertiary alicyclic amines) is 1. The SMILES string of the molecule is CC1(C)CCC(N2CCC(=O)C2=O)CC1. The number of rotatable bonds is 1. The van der Waals surface area contributed by atoms with Gasteiger partial charge in [0, 0.05) is 19.0 Å². The van der Waals surface area contributed by atoms with Gasteiger partial charge in [-0.05, 0) is 31.1 Å². The van der Waals surface area contributed by atoms with Crippen molar-refractivity contribution in [3.63, 3.8) is 0 Å². The first-order valence-electron chi connectivity index (χ1n) is 5.83. The molecule has 1 aliphatic heterocycles. The predicted octanol–water partition coefficient (Wildman–Crippen LogP) is 1.76.